The number of nitrogens with zero attached hydrogens (tertiary/aromatic N) is 1. The topological polar surface area (TPSA) is 70.7 Å². The third kappa shape index (κ3) is 6.05. The lowest BCUT2D eigenvalue weighted by Gasteiger charge is -2.22. The minimum Gasteiger partial charge on any atom is -0.495 e. The van der Waals surface area contributed by atoms with Gasteiger partial charge in [-0.3, -0.25) is 9.59 Å². The summed E-state index contributed by atoms with van der Waals surface area (Å²) in [4.78, 5) is 26.5. The largest absolute Gasteiger partial charge is 0.495 e. The third-order valence-corrected chi connectivity index (χ3v) is 4.49. The highest BCUT2D eigenvalue weighted by Gasteiger charge is 2.20. The van der Waals surface area contributed by atoms with Gasteiger partial charge in [0.15, 0.2) is 0 Å². The number of nitrogens with one attached hydrogen (secondary N) is 2. The van der Waals surface area contributed by atoms with Crippen molar-refractivity contribution < 1.29 is 14.3 Å². The van der Waals surface area contributed by atoms with Crippen molar-refractivity contribution in [2.24, 2.45) is 5.92 Å². The normalized spacial score (nSPS) is 16.5. The van der Waals surface area contributed by atoms with Crippen LogP contribution in [-0.2, 0) is 9.59 Å². The minimum absolute atomic E-state index is 0.0592. The third-order valence-electron chi connectivity index (χ3n) is 4.49. The van der Waals surface area contributed by atoms with Gasteiger partial charge in [-0.1, -0.05) is 19.1 Å². The van der Waals surface area contributed by atoms with Gasteiger partial charge in [0.25, 0.3) is 0 Å². The van der Waals surface area contributed by atoms with Crippen LogP contribution >= 0.6 is 0 Å². The molecule has 0 radical (unpaired) electrons. The van der Waals surface area contributed by atoms with Crippen LogP contribution in [0.5, 0.6) is 5.75 Å². The number of anilines is 1. The molecule has 1 fully saturated rings. The fourth-order valence-electron chi connectivity index (χ4n) is 3.12. The van der Waals surface area contributed by atoms with Crippen LogP contribution in [0.25, 0.3) is 0 Å². The molecule has 0 aliphatic carbocycles. The summed E-state index contributed by atoms with van der Waals surface area (Å²) in [6.07, 6.45) is 3.36. The number of para-hydroxylation sites is 2. The van der Waals surface area contributed by atoms with Crippen LogP contribution < -0.4 is 15.4 Å². The number of hydrogen-bond donors (Lipinski definition) is 2. The van der Waals surface area contributed by atoms with Gasteiger partial charge in [0.05, 0.1) is 19.3 Å². The first-order chi connectivity index (χ1) is 12.1. The predicted molar refractivity (Wildman–Crippen MR) is 98.7 cm³/mol. The Kier molecular flexibility index (Phi) is 7.73. The Labute approximate surface area is 149 Å². The highest BCUT2D eigenvalue weighted by atomic mass is 16.5. The second-order valence-corrected chi connectivity index (χ2v) is 6.46. The number of carbonyl (C=O) groups excluding carboxylic acids is 2. The molecule has 1 heterocycles. The molecule has 6 heteroatoms. The molecule has 1 aromatic carbocycles. The van der Waals surface area contributed by atoms with E-state index in [1.165, 1.54) is 0 Å². The van der Waals surface area contributed by atoms with Crippen molar-refractivity contribution in [1.82, 2.24) is 10.2 Å². The molecule has 2 rings (SSSR count). The van der Waals surface area contributed by atoms with Gasteiger partial charge >= 0.3 is 0 Å². The molecule has 1 saturated heterocycles. The maximum atomic E-state index is 12.5. The zero-order valence-corrected chi connectivity index (χ0v) is 15.2. The molecule has 1 aliphatic rings. The van der Waals surface area contributed by atoms with E-state index in [1.54, 1.807) is 24.1 Å². The van der Waals surface area contributed by atoms with Crippen molar-refractivity contribution in [3.8, 4) is 5.75 Å². The van der Waals surface area contributed by atoms with Gasteiger partial charge in [-0.15, -0.1) is 0 Å². The smallest absolute Gasteiger partial charge is 0.244 e. The maximum Gasteiger partial charge on any atom is 0.244 e. The highest BCUT2D eigenvalue weighted by molar-refractivity contribution is 5.95. The lowest BCUT2D eigenvalue weighted by Crippen LogP contribution is -2.38. The Hall–Kier alpha value is -2.08. The molecule has 1 aromatic rings. The quantitative estimate of drug-likeness (QED) is 0.719. The fraction of sp³-hybridized carbons (Fsp3) is 0.579. The Morgan fingerprint density at radius 2 is 2.16 bits per heavy atom. The summed E-state index contributed by atoms with van der Waals surface area (Å²) in [6, 6.07) is 7.26. The van der Waals surface area contributed by atoms with Crippen molar-refractivity contribution in [2.45, 2.75) is 32.6 Å². The molecular formula is C19H29N3O3. The zero-order chi connectivity index (χ0) is 18.1. The number of benzene rings is 1. The van der Waals surface area contributed by atoms with E-state index in [4.69, 9.17) is 4.74 Å². The molecule has 0 aromatic heterocycles. The predicted octanol–water partition coefficient (Wildman–Crippen LogP) is 2.26. The summed E-state index contributed by atoms with van der Waals surface area (Å²) >= 11 is 0. The first-order valence-electron chi connectivity index (χ1n) is 9.05. The monoisotopic (exact) mass is 347 g/mol. The van der Waals surface area contributed by atoms with E-state index >= 15 is 0 Å². The zero-order valence-electron chi connectivity index (χ0n) is 15.2. The number of methoxy groups -OCH3 is 1. The van der Waals surface area contributed by atoms with E-state index in [1.807, 2.05) is 19.1 Å². The first-order valence-corrected chi connectivity index (χ1v) is 9.05. The van der Waals surface area contributed by atoms with Crippen LogP contribution in [0.3, 0.4) is 0 Å². The van der Waals surface area contributed by atoms with Gasteiger partial charge in [0.1, 0.15) is 5.75 Å². The molecular weight excluding hydrogens is 318 g/mol. The van der Waals surface area contributed by atoms with Gasteiger partial charge in [0, 0.05) is 13.0 Å². The Bertz CT molecular complexity index is 571. The van der Waals surface area contributed by atoms with Crippen molar-refractivity contribution in [3.05, 3.63) is 24.3 Å². The van der Waals surface area contributed by atoms with Gasteiger partial charge < -0.3 is 20.3 Å². The standard InChI is InChI=1S/C19H29N3O3/c1-3-12-22(19(24)9-8-15-10-11-20-13-15)14-18(23)21-16-6-4-5-7-17(16)25-2/h4-7,15,20H,3,8-14H2,1-2H3,(H,21,23). The van der Waals surface area contributed by atoms with Crippen LogP contribution in [0.4, 0.5) is 5.69 Å². The fourth-order valence-corrected chi connectivity index (χ4v) is 3.12. The lowest BCUT2D eigenvalue weighted by molar-refractivity contribution is -0.135. The van der Waals surface area contributed by atoms with E-state index in [-0.39, 0.29) is 18.4 Å². The minimum atomic E-state index is -0.200. The number of amides is 2. The number of rotatable bonds is 9. The Morgan fingerprint density at radius 3 is 2.84 bits per heavy atom. The SMILES string of the molecule is CCCN(CC(=O)Nc1ccccc1OC)C(=O)CCC1CCNC1. The second-order valence-electron chi connectivity index (χ2n) is 6.46. The summed E-state index contributed by atoms with van der Waals surface area (Å²) in [5.41, 5.74) is 0.621. The van der Waals surface area contributed by atoms with Crippen molar-refractivity contribution >= 4 is 17.5 Å². The van der Waals surface area contributed by atoms with Crippen LogP contribution in [0.1, 0.15) is 32.6 Å². The van der Waals surface area contributed by atoms with E-state index in [9.17, 15) is 9.59 Å². The molecule has 2 N–H and O–H groups in total. The van der Waals surface area contributed by atoms with Gasteiger partial charge in [-0.25, -0.2) is 0 Å². The number of hydrogen-bond acceptors (Lipinski definition) is 4. The molecule has 1 unspecified atom stereocenters. The number of ether oxygens (including phenoxy) is 1. The molecule has 1 aliphatic heterocycles. The molecule has 25 heavy (non-hydrogen) atoms. The van der Waals surface area contributed by atoms with Gasteiger partial charge in [0.2, 0.25) is 11.8 Å². The molecule has 0 spiro atoms. The average molecular weight is 347 g/mol. The molecule has 0 bridgehead atoms. The summed E-state index contributed by atoms with van der Waals surface area (Å²) < 4.78 is 5.24. The van der Waals surface area contributed by atoms with E-state index in [2.05, 4.69) is 10.6 Å². The summed E-state index contributed by atoms with van der Waals surface area (Å²) in [5, 5.41) is 6.15. The maximum absolute atomic E-state index is 12.5. The van der Waals surface area contributed by atoms with Crippen LogP contribution in [-0.4, -0.2) is 50.0 Å². The van der Waals surface area contributed by atoms with Crippen LogP contribution in [0.15, 0.2) is 24.3 Å². The Morgan fingerprint density at radius 1 is 1.36 bits per heavy atom. The second kappa shape index (κ2) is 10.0. The Balaban J connectivity index is 1.88. The van der Waals surface area contributed by atoms with Crippen molar-refractivity contribution in [3.63, 3.8) is 0 Å². The van der Waals surface area contributed by atoms with Crippen LogP contribution in [0, 0.1) is 5.92 Å². The van der Waals surface area contributed by atoms with Crippen LogP contribution in [0.2, 0.25) is 0 Å². The van der Waals surface area contributed by atoms with Crippen molar-refractivity contribution in [2.75, 3.05) is 38.6 Å². The molecule has 6 nitrogen and oxygen atoms in total. The summed E-state index contributed by atoms with van der Waals surface area (Å²) in [5.74, 6) is 1.05. The average Bonchev–Trinajstić information content (AvgIpc) is 3.13. The van der Waals surface area contributed by atoms with E-state index < -0.39 is 0 Å². The lowest BCUT2D eigenvalue weighted by atomic mass is 10.0. The van der Waals surface area contributed by atoms with E-state index in [0.717, 1.165) is 32.4 Å². The summed E-state index contributed by atoms with van der Waals surface area (Å²) in [6.45, 7) is 4.72. The van der Waals surface area contributed by atoms with E-state index in [0.29, 0.717) is 30.3 Å². The highest BCUT2D eigenvalue weighted by Crippen LogP contribution is 2.23. The molecule has 0 saturated carbocycles. The number of carbonyl (C=O) groups is 2. The molecule has 2 amide bonds. The van der Waals surface area contributed by atoms with Gasteiger partial charge in [-0.05, 0) is 50.4 Å². The van der Waals surface area contributed by atoms with Crippen molar-refractivity contribution in [1.29, 1.82) is 0 Å². The summed E-state index contributed by atoms with van der Waals surface area (Å²) in [7, 11) is 1.57. The first kappa shape index (κ1) is 19.2. The van der Waals surface area contributed by atoms with Gasteiger partial charge in [-0.2, -0.15) is 0 Å². The molecule has 138 valence electrons. The molecule has 1 atom stereocenters.